The van der Waals surface area contributed by atoms with E-state index in [1.165, 1.54) is 6.20 Å². The molecule has 1 N–H and O–H groups in total. The van der Waals surface area contributed by atoms with Gasteiger partial charge in [-0.25, -0.2) is 4.68 Å². The maximum Gasteiger partial charge on any atom is 0.259 e. The lowest BCUT2D eigenvalue weighted by molar-refractivity contribution is 0.102. The van der Waals surface area contributed by atoms with E-state index in [9.17, 15) is 4.79 Å². The first-order chi connectivity index (χ1) is 12.5. The molecular formula is C19H18ClN3O3. The monoisotopic (exact) mass is 371 g/mol. The lowest BCUT2D eigenvalue weighted by Gasteiger charge is -2.10. The van der Waals surface area contributed by atoms with Crippen LogP contribution in [0, 0.1) is 6.92 Å². The van der Waals surface area contributed by atoms with Crippen molar-refractivity contribution in [2.45, 2.75) is 6.92 Å². The minimum atomic E-state index is -0.281. The van der Waals surface area contributed by atoms with Crippen molar-refractivity contribution in [1.29, 1.82) is 0 Å². The Balaban J connectivity index is 1.89. The zero-order valence-electron chi connectivity index (χ0n) is 14.6. The fourth-order valence-electron chi connectivity index (χ4n) is 2.58. The van der Waals surface area contributed by atoms with Crippen molar-refractivity contribution in [2.24, 2.45) is 0 Å². The average molecular weight is 372 g/mol. The number of para-hydroxylation sites is 1. The van der Waals surface area contributed by atoms with Crippen LogP contribution in [0.5, 0.6) is 11.5 Å². The first-order valence-electron chi connectivity index (χ1n) is 7.87. The molecule has 7 heteroatoms. The van der Waals surface area contributed by atoms with Crippen molar-refractivity contribution in [2.75, 3.05) is 19.5 Å². The maximum atomic E-state index is 12.7. The van der Waals surface area contributed by atoms with Gasteiger partial charge in [-0.3, -0.25) is 4.79 Å². The number of aromatic nitrogens is 2. The number of amides is 1. The van der Waals surface area contributed by atoms with Crippen molar-refractivity contribution < 1.29 is 14.3 Å². The molecule has 3 rings (SSSR count). The molecule has 1 amide bonds. The number of anilines is 1. The highest BCUT2D eigenvalue weighted by molar-refractivity contribution is 6.32. The van der Waals surface area contributed by atoms with Gasteiger partial charge in [-0.15, -0.1) is 0 Å². The average Bonchev–Trinajstić information content (AvgIpc) is 3.03. The third-order valence-electron chi connectivity index (χ3n) is 3.94. The van der Waals surface area contributed by atoms with Crippen LogP contribution in [0.1, 0.15) is 16.1 Å². The topological polar surface area (TPSA) is 65.4 Å². The van der Waals surface area contributed by atoms with Gasteiger partial charge in [0, 0.05) is 23.9 Å². The van der Waals surface area contributed by atoms with Crippen LogP contribution >= 0.6 is 11.6 Å². The van der Waals surface area contributed by atoms with Crippen LogP contribution in [0.3, 0.4) is 0 Å². The van der Waals surface area contributed by atoms with Crippen LogP contribution in [0.4, 0.5) is 5.69 Å². The van der Waals surface area contributed by atoms with Gasteiger partial charge in [0.2, 0.25) is 0 Å². The molecule has 0 spiro atoms. The zero-order valence-corrected chi connectivity index (χ0v) is 15.4. The predicted octanol–water partition coefficient (Wildman–Crippen LogP) is 4.10. The van der Waals surface area contributed by atoms with E-state index < -0.39 is 0 Å². The van der Waals surface area contributed by atoms with Crippen LogP contribution in [0.15, 0.2) is 48.7 Å². The minimum absolute atomic E-state index is 0.281. The third-order valence-corrected chi connectivity index (χ3v) is 4.26. The molecule has 0 saturated carbocycles. The van der Waals surface area contributed by atoms with Crippen LogP contribution in [0.2, 0.25) is 5.02 Å². The van der Waals surface area contributed by atoms with Gasteiger partial charge in [-0.05, 0) is 19.1 Å². The van der Waals surface area contributed by atoms with Crippen molar-refractivity contribution >= 4 is 23.2 Å². The quantitative estimate of drug-likeness (QED) is 0.733. The molecule has 0 radical (unpaired) electrons. The van der Waals surface area contributed by atoms with Crippen molar-refractivity contribution in [3.8, 4) is 17.2 Å². The summed E-state index contributed by atoms with van der Waals surface area (Å²) in [5.41, 5.74) is 2.42. The molecule has 0 aliphatic carbocycles. The molecule has 1 heterocycles. The van der Waals surface area contributed by atoms with E-state index in [4.69, 9.17) is 21.1 Å². The fourth-order valence-corrected chi connectivity index (χ4v) is 2.79. The van der Waals surface area contributed by atoms with E-state index in [-0.39, 0.29) is 5.91 Å². The number of carbonyl (C=O) groups excluding carboxylic acids is 1. The van der Waals surface area contributed by atoms with Crippen LogP contribution in [0.25, 0.3) is 5.69 Å². The number of ether oxygens (including phenoxy) is 2. The number of methoxy groups -OCH3 is 2. The molecule has 0 fully saturated rings. The summed E-state index contributed by atoms with van der Waals surface area (Å²) in [6, 6.07) is 12.5. The molecule has 26 heavy (non-hydrogen) atoms. The molecule has 0 unspecified atom stereocenters. The smallest absolute Gasteiger partial charge is 0.259 e. The van der Waals surface area contributed by atoms with E-state index in [0.717, 1.165) is 0 Å². The standard InChI is InChI=1S/C19H18ClN3O3/c1-12-16(11-21-23(12)18-7-5-4-6-17(18)20)19(24)22-13-8-14(25-2)10-15(9-13)26-3/h4-11H,1-3H3,(H,22,24). The molecule has 6 nitrogen and oxygen atoms in total. The van der Waals surface area contributed by atoms with Gasteiger partial charge in [-0.2, -0.15) is 5.10 Å². The first kappa shape index (κ1) is 17.8. The van der Waals surface area contributed by atoms with Gasteiger partial charge in [0.25, 0.3) is 5.91 Å². The van der Waals surface area contributed by atoms with E-state index in [0.29, 0.717) is 39.2 Å². The van der Waals surface area contributed by atoms with Gasteiger partial charge in [0.1, 0.15) is 11.5 Å². The van der Waals surface area contributed by atoms with Crippen LogP contribution in [-0.2, 0) is 0 Å². The van der Waals surface area contributed by atoms with Gasteiger partial charge < -0.3 is 14.8 Å². The van der Waals surface area contributed by atoms with E-state index in [1.54, 1.807) is 43.2 Å². The Morgan fingerprint density at radius 3 is 2.38 bits per heavy atom. The summed E-state index contributed by atoms with van der Waals surface area (Å²) < 4.78 is 12.1. The zero-order chi connectivity index (χ0) is 18.7. The number of halogens is 1. The fraction of sp³-hybridized carbons (Fsp3) is 0.158. The van der Waals surface area contributed by atoms with Gasteiger partial charge >= 0.3 is 0 Å². The Kier molecular flexibility index (Phi) is 5.14. The summed E-state index contributed by atoms with van der Waals surface area (Å²) in [5, 5.41) is 7.70. The molecule has 134 valence electrons. The number of benzene rings is 2. The first-order valence-corrected chi connectivity index (χ1v) is 8.25. The number of rotatable bonds is 5. The molecule has 0 aliphatic rings. The van der Waals surface area contributed by atoms with Crippen molar-refractivity contribution in [3.05, 3.63) is 64.9 Å². The van der Waals surface area contributed by atoms with Crippen molar-refractivity contribution in [3.63, 3.8) is 0 Å². The Morgan fingerprint density at radius 2 is 1.77 bits per heavy atom. The van der Waals surface area contributed by atoms with Gasteiger partial charge in [0.15, 0.2) is 0 Å². The summed E-state index contributed by atoms with van der Waals surface area (Å²) in [5.74, 6) is 0.891. The summed E-state index contributed by atoms with van der Waals surface area (Å²) in [6.07, 6.45) is 1.52. The second kappa shape index (κ2) is 7.49. The molecule has 2 aromatic carbocycles. The molecule has 1 aromatic heterocycles. The summed E-state index contributed by atoms with van der Waals surface area (Å²) >= 11 is 6.23. The highest BCUT2D eigenvalue weighted by Crippen LogP contribution is 2.27. The summed E-state index contributed by atoms with van der Waals surface area (Å²) in [4.78, 5) is 12.7. The van der Waals surface area contributed by atoms with E-state index in [2.05, 4.69) is 10.4 Å². The Morgan fingerprint density at radius 1 is 1.12 bits per heavy atom. The highest BCUT2D eigenvalue weighted by Gasteiger charge is 2.17. The largest absolute Gasteiger partial charge is 0.497 e. The van der Waals surface area contributed by atoms with Gasteiger partial charge in [-0.1, -0.05) is 23.7 Å². The number of carbonyl (C=O) groups is 1. The molecule has 0 atom stereocenters. The normalized spacial score (nSPS) is 10.5. The SMILES string of the molecule is COc1cc(NC(=O)c2cnn(-c3ccccc3Cl)c2C)cc(OC)c1. The third kappa shape index (κ3) is 3.50. The number of nitrogens with zero attached hydrogens (tertiary/aromatic N) is 2. The summed E-state index contributed by atoms with van der Waals surface area (Å²) in [7, 11) is 3.11. The Bertz CT molecular complexity index is 931. The van der Waals surface area contributed by atoms with Crippen LogP contribution < -0.4 is 14.8 Å². The molecular weight excluding hydrogens is 354 g/mol. The lowest BCUT2D eigenvalue weighted by Crippen LogP contribution is -2.13. The molecule has 0 saturated heterocycles. The number of nitrogens with one attached hydrogen (secondary N) is 1. The molecule has 0 aliphatic heterocycles. The van der Waals surface area contributed by atoms with Crippen LogP contribution in [-0.4, -0.2) is 29.9 Å². The second-order valence-electron chi connectivity index (χ2n) is 5.56. The number of hydrogen-bond donors (Lipinski definition) is 1. The lowest BCUT2D eigenvalue weighted by atomic mass is 10.2. The highest BCUT2D eigenvalue weighted by atomic mass is 35.5. The number of hydrogen-bond acceptors (Lipinski definition) is 4. The Labute approximate surface area is 156 Å². The minimum Gasteiger partial charge on any atom is -0.497 e. The van der Waals surface area contributed by atoms with Gasteiger partial charge in [0.05, 0.1) is 42.4 Å². The molecule has 3 aromatic rings. The molecule has 0 bridgehead atoms. The maximum absolute atomic E-state index is 12.7. The van der Waals surface area contributed by atoms with Crippen molar-refractivity contribution in [1.82, 2.24) is 9.78 Å². The summed E-state index contributed by atoms with van der Waals surface area (Å²) in [6.45, 7) is 1.82. The van der Waals surface area contributed by atoms with E-state index >= 15 is 0 Å². The predicted molar refractivity (Wildman–Crippen MR) is 101 cm³/mol. The van der Waals surface area contributed by atoms with E-state index in [1.807, 2.05) is 25.1 Å². The second-order valence-corrected chi connectivity index (χ2v) is 5.97. The Hall–Kier alpha value is -2.99.